The molecule has 100 valence electrons. The molecule has 1 aliphatic rings. The first-order chi connectivity index (χ1) is 9.15. The minimum Gasteiger partial charge on any atom is -0.481 e. The van der Waals surface area contributed by atoms with Crippen LogP contribution in [0.4, 0.5) is 0 Å². The Morgan fingerprint density at radius 2 is 2.37 bits per heavy atom. The van der Waals surface area contributed by atoms with Crippen LogP contribution in [0.1, 0.15) is 25.8 Å². The molecule has 3 rings (SSSR count). The smallest absolute Gasteiger partial charge is 0.313 e. The van der Waals surface area contributed by atoms with E-state index in [4.69, 9.17) is 5.11 Å². The molecule has 0 spiro atoms. The second-order valence-electron chi connectivity index (χ2n) is 5.04. The highest BCUT2D eigenvalue weighted by Crippen LogP contribution is 2.41. The number of pyridine rings is 1. The Balaban J connectivity index is 1.99. The molecule has 1 N–H and O–H groups in total. The summed E-state index contributed by atoms with van der Waals surface area (Å²) in [6.07, 6.45) is 5.76. The van der Waals surface area contributed by atoms with Gasteiger partial charge in [0.1, 0.15) is 5.52 Å². The lowest BCUT2D eigenvalue weighted by Gasteiger charge is -2.35. The lowest BCUT2D eigenvalue weighted by Crippen LogP contribution is -2.25. The molecule has 0 unspecified atom stereocenters. The van der Waals surface area contributed by atoms with Gasteiger partial charge >= 0.3 is 5.97 Å². The molecule has 0 radical (unpaired) electrons. The number of rotatable bonds is 4. The van der Waals surface area contributed by atoms with Crippen LogP contribution < -0.4 is 0 Å². The Hall–Kier alpha value is -1.56. The predicted molar refractivity (Wildman–Crippen MR) is 73.3 cm³/mol. The summed E-state index contributed by atoms with van der Waals surface area (Å²) in [5.41, 5.74) is 1.90. The maximum absolute atomic E-state index is 10.7. The van der Waals surface area contributed by atoms with Crippen molar-refractivity contribution >= 4 is 28.8 Å². The normalized spacial score (nSPS) is 22.4. The van der Waals surface area contributed by atoms with E-state index in [1.54, 1.807) is 12.4 Å². The van der Waals surface area contributed by atoms with Crippen LogP contribution in [0, 0.1) is 5.92 Å². The fourth-order valence-corrected chi connectivity index (χ4v) is 3.38. The van der Waals surface area contributed by atoms with Crippen LogP contribution >= 0.6 is 11.8 Å². The molecular weight excluding hydrogens is 262 g/mol. The molecule has 6 heteroatoms. The molecular formula is C13H15N3O2S. The average Bonchev–Trinajstić information content (AvgIpc) is 2.70. The number of nitrogens with zero attached hydrogens (tertiary/aromatic N) is 3. The van der Waals surface area contributed by atoms with Gasteiger partial charge in [-0.3, -0.25) is 9.78 Å². The third-order valence-corrected chi connectivity index (χ3v) is 4.44. The van der Waals surface area contributed by atoms with Crippen LogP contribution in [0.3, 0.4) is 0 Å². The van der Waals surface area contributed by atoms with Crippen molar-refractivity contribution in [2.24, 2.45) is 5.92 Å². The molecule has 2 aromatic heterocycles. The summed E-state index contributed by atoms with van der Waals surface area (Å²) in [6.45, 7) is 2.24. The van der Waals surface area contributed by atoms with Crippen LogP contribution in [0.15, 0.2) is 23.6 Å². The first-order valence-corrected chi connectivity index (χ1v) is 7.30. The second-order valence-corrected chi connectivity index (χ2v) is 5.98. The Kier molecular flexibility index (Phi) is 3.18. The number of carboxylic acid groups (broad SMARTS) is 1. The van der Waals surface area contributed by atoms with Gasteiger partial charge in [-0.2, -0.15) is 0 Å². The summed E-state index contributed by atoms with van der Waals surface area (Å²) in [5, 5.41) is 9.62. The van der Waals surface area contributed by atoms with Crippen molar-refractivity contribution in [2.45, 2.75) is 31.0 Å². The van der Waals surface area contributed by atoms with E-state index in [9.17, 15) is 4.79 Å². The number of carboxylic acids is 1. The van der Waals surface area contributed by atoms with Crippen LogP contribution in [0.2, 0.25) is 0 Å². The maximum Gasteiger partial charge on any atom is 0.313 e. The second kappa shape index (κ2) is 4.85. The number of imidazole rings is 1. The number of thioether (sulfide) groups is 1. The summed E-state index contributed by atoms with van der Waals surface area (Å²) >= 11 is 1.28. The number of fused-ring (bicyclic) bond motifs is 1. The molecule has 0 bridgehead atoms. The third kappa shape index (κ3) is 2.32. The zero-order valence-electron chi connectivity index (χ0n) is 10.6. The summed E-state index contributed by atoms with van der Waals surface area (Å²) in [6, 6.07) is 2.40. The lowest BCUT2D eigenvalue weighted by atomic mass is 9.81. The standard InChI is InChI=1S/C13H15N3O2S/c1-8-4-9(5-8)16-11-2-3-14-6-10(11)15-13(16)19-7-12(17)18/h2-3,6,8-9H,4-5,7H2,1H3,(H,17,18). The van der Waals surface area contributed by atoms with Crippen molar-refractivity contribution in [1.29, 1.82) is 0 Å². The fraction of sp³-hybridized carbons (Fsp3) is 0.462. The SMILES string of the molecule is CC1CC(n2c(SCC(=O)O)nc3cnccc32)C1. The van der Waals surface area contributed by atoms with E-state index in [0.717, 1.165) is 34.9 Å². The summed E-state index contributed by atoms with van der Waals surface area (Å²) in [7, 11) is 0. The van der Waals surface area contributed by atoms with Gasteiger partial charge in [0.2, 0.25) is 0 Å². The molecule has 1 fully saturated rings. The number of hydrogen-bond donors (Lipinski definition) is 1. The minimum atomic E-state index is -0.816. The Labute approximate surface area is 115 Å². The molecule has 0 amide bonds. The van der Waals surface area contributed by atoms with Crippen molar-refractivity contribution in [3.8, 4) is 0 Å². The third-order valence-electron chi connectivity index (χ3n) is 3.50. The van der Waals surface area contributed by atoms with Crippen LogP contribution in [-0.4, -0.2) is 31.4 Å². The Morgan fingerprint density at radius 1 is 1.58 bits per heavy atom. The summed E-state index contributed by atoms with van der Waals surface area (Å²) in [5.74, 6) is -0.0377. The maximum atomic E-state index is 10.7. The minimum absolute atomic E-state index is 0.0407. The predicted octanol–water partition coefficient (Wildman–Crippen LogP) is 2.58. The first-order valence-electron chi connectivity index (χ1n) is 6.31. The van der Waals surface area contributed by atoms with Crippen molar-refractivity contribution in [3.05, 3.63) is 18.5 Å². The van der Waals surface area contributed by atoms with Crippen molar-refractivity contribution in [3.63, 3.8) is 0 Å². The molecule has 5 nitrogen and oxygen atoms in total. The average molecular weight is 277 g/mol. The van der Waals surface area contributed by atoms with E-state index >= 15 is 0 Å². The van der Waals surface area contributed by atoms with Crippen molar-refractivity contribution in [2.75, 3.05) is 5.75 Å². The van der Waals surface area contributed by atoms with E-state index in [2.05, 4.69) is 21.5 Å². The first kappa shape index (κ1) is 12.5. The number of aliphatic carboxylic acids is 1. The van der Waals surface area contributed by atoms with Gasteiger partial charge in [0, 0.05) is 12.2 Å². The van der Waals surface area contributed by atoms with Gasteiger partial charge in [0.25, 0.3) is 0 Å². The van der Waals surface area contributed by atoms with Gasteiger partial charge in [-0.15, -0.1) is 0 Å². The van der Waals surface area contributed by atoms with E-state index in [-0.39, 0.29) is 5.75 Å². The topological polar surface area (TPSA) is 68.0 Å². The van der Waals surface area contributed by atoms with Gasteiger partial charge in [0.05, 0.1) is 17.5 Å². The summed E-state index contributed by atoms with van der Waals surface area (Å²) < 4.78 is 2.19. The van der Waals surface area contributed by atoms with Crippen LogP contribution in [0.25, 0.3) is 11.0 Å². The largest absolute Gasteiger partial charge is 0.481 e. The van der Waals surface area contributed by atoms with E-state index in [0.29, 0.717) is 6.04 Å². The number of hydrogen-bond acceptors (Lipinski definition) is 4. The number of aromatic nitrogens is 3. The quantitative estimate of drug-likeness (QED) is 0.870. The molecule has 2 aromatic rings. The number of carbonyl (C=O) groups is 1. The van der Waals surface area contributed by atoms with Crippen molar-refractivity contribution in [1.82, 2.24) is 14.5 Å². The molecule has 0 atom stereocenters. The molecule has 1 aliphatic carbocycles. The monoisotopic (exact) mass is 277 g/mol. The van der Waals surface area contributed by atoms with E-state index in [1.165, 1.54) is 11.8 Å². The molecule has 19 heavy (non-hydrogen) atoms. The van der Waals surface area contributed by atoms with Gasteiger partial charge < -0.3 is 9.67 Å². The molecule has 0 aliphatic heterocycles. The van der Waals surface area contributed by atoms with Gasteiger partial charge in [0.15, 0.2) is 5.16 Å². The molecule has 0 saturated heterocycles. The highest BCUT2D eigenvalue weighted by Gasteiger charge is 2.30. The summed E-state index contributed by atoms with van der Waals surface area (Å²) in [4.78, 5) is 19.3. The van der Waals surface area contributed by atoms with Crippen molar-refractivity contribution < 1.29 is 9.90 Å². The highest BCUT2D eigenvalue weighted by atomic mass is 32.2. The van der Waals surface area contributed by atoms with Gasteiger partial charge in [-0.1, -0.05) is 18.7 Å². The Bertz CT molecular complexity index is 619. The van der Waals surface area contributed by atoms with Gasteiger partial charge in [-0.05, 0) is 24.8 Å². The fourth-order valence-electron chi connectivity index (χ4n) is 2.58. The molecule has 0 aromatic carbocycles. The van der Waals surface area contributed by atoms with Crippen LogP contribution in [-0.2, 0) is 4.79 Å². The lowest BCUT2D eigenvalue weighted by molar-refractivity contribution is -0.133. The zero-order valence-corrected chi connectivity index (χ0v) is 11.4. The van der Waals surface area contributed by atoms with Gasteiger partial charge in [-0.25, -0.2) is 4.98 Å². The van der Waals surface area contributed by atoms with Crippen LogP contribution in [0.5, 0.6) is 0 Å². The molecule has 2 heterocycles. The Morgan fingerprint density at radius 3 is 3.05 bits per heavy atom. The highest BCUT2D eigenvalue weighted by molar-refractivity contribution is 7.99. The zero-order chi connectivity index (χ0) is 13.4. The van der Waals surface area contributed by atoms with E-state index < -0.39 is 5.97 Å². The molecule has 1 saturated carbocycles. The van der Waals surface area contributed by atoms with E-state index in [1.807, 2.05) is 6.07 Å².